The van der Waals surface area contributed by atoms with E-state index in [0.717, 1.165) is 16.8 Å². The molecule has 104 valence electrons. The number of nitro groups is 1. The highest BCUT2D eigenvalue weighted by atomic mass is 16.6. The molecular formula is C14H16N4O2. The minimum Gasteiger partial charge on any atom is -0.350 e. The van der Waals surface area contributed by atoms with Gasteiger partial charge in [-0.2, -0.15) is 0 Å². The molecule has 2 aromatic rings. The molecule has 0 heterocycles. The number of hydrogen-bond acceptors (Lipinski definition) is 5. The number of nitro benzene ring substituents is 1. The molecule has 20 heavy (non-hydrogen) atoms. The van der Waals surface area contributed by atoms with Gasteiger partial charge in [-0.1, -0.05) is 12.1 Å². The second-order valence-electron chi connectivity index (χ2n) is 4.60. The van der Waals surface area contributed by atoms with E-state index in [0.29, 0.717) is 5.69 Å². The predicted octanol–water partition coefficient (Wildman–Crippen LogP) is 3.24. The van der Waals surface area contributed by atoms with E-state index in [4.69, 9.17) is 5.84 Å². The molecule has 6 heteroatoms. The molecule has 0 aliphatic heterocycles. The van der Waals surface area contributed by atoms with Gasteiger partial charge in [-0.25, -0.2) is 0 Å². The van der Waals surface area contributed by atoms with E-state index in [-0.39, 0.29) is 11.4 Å². The van der Waals surface area contributed by atoms with Gasteiger partial charge in [0.15, 0.2) is 0 Å². The Hall–Kier alpha value is -2.60. The van der Waals surface area contributed by atoms with Crippen LogP contribution in [0, 0.1) is 24.0 Å². The third-order valence-corrected chi connectivity index (χ3v) is 2.87. The highest BCUT2D eigenvalue weighted by Gasteiger charge is 2.19. The van der Waals surface area contributed by atoms with Crippen LogP contribution >= 0.6 is 0 Å². The van der Waals surface area contributed by atoms with Crippen molar-refractivity contribution in [3.8, 4) is 0 Å². The van der Waals surface area contributed by atoms with Gasteiger partial charge in [0.05, 0.1) is 4.92 Å². The van der Waals surface area contributed by atoms with Gasteiger partial charge in [-0.3, -0.25) is 16.0 Å². The maximum atomic E-state index is 11.2. The fraction of sp³-hybridized carbons (Fsp3) is 0.143. The molecule has 0 aliphatic carbocycles. The van der Waals surface area contributed by atoms with E-state index in [9.17, 15) is 10.1 Å². The van der Waals surface area contributed by atoms with Gasteiger partial charge in [0.25, 0.3) is 0 Å². The standard InChI is InChI=1S/C14H16N4O2/c1-9-6-10(2)8-11(7-9)16-12-4-3-5-13(17-15)14(12)18(19)20/h3-8,16-17H,15H2,1-2H3. The predicted molar refractivity (Wildman–Crippen MR) is 80.1 cm³/mol. The van der Waals surface area contributed by atoms with Gasteiger partial charge in [0, 0.05) is 5.69 Å². The van der Waals surface area contributed by atoms with Gasteiger partial charge in [-0.15, -0.1) is 0 Å². The summed E-state index contributed by atoms with van der Waals surface area (Å²) in [6.07, 6.45) is 0. The van der Waals surface area contributed by atoms with Crippen molar-refractivity contribution in [1.29, 1.82) is 0 Å². The summed E-state index contributed by atoms with van der Waals surface area (Å²) in [7, 11) is 0. The van der Waals surface area contributed by atoms with Crippen molar-refractivity contribution >= 4 is 22.7 Å². The zero-order valence-electron chi connectivity index (χ0n) is 11.3. The molecule has 6 nitrogen and oxygen atoms in total. The molecule has 2 aromatic carbocycles. The normalized spacial score (nSPS) is 10.2. The molecule has 0 aliphatic rings. The van der Waals surface area contributed by atoms with Gasteiger partial charge in [0.2, 0.25) is 0 Å². The molecule has 0 atom stereocenters. The smallest absolute Gasteiger partial charge is 0.316 e. The number of nitrogens with zero attached hydrogens (tertiary/aromatic N) is 1. The Morgan fingerprint density at radius 2 is 1.70 bits per heavy atom. The second kappa shape index (κ2) is 5.58. The van der Waals surface area contributed by atoms with Crippen molar-refractivity contribution in [3.63, 3.8) is 0 Å². The third kappa shape index (κ3) is 2.86. The number of nitrogens with one attached hydrogen (secondary N) is 2. The van der Waals surface area contributed by atoms with Gasteiger partial charge < -0.3 is 10.7 Å². The monoisotopic (exact) mass is 272 g/mol. The summed E-state index contributed by atoms with van der Waals surface area (Å²) in [6.45, 7) is 3.95. The third-order valence-electron chi connectivity index (χ3n) is 2.87. The summed E-state index contributed by atoms with van der Waals surface area (Å²) < 4.78 is 0. The van der Waals surface area contributed by atoms with E-state index >= 15 is 0 Å². The number of hydrogen-bond donors (Lipinski definition) is 3. The summed E-state index contributed by atoms with van der Waals surface area (Å²) in [5, 5.41) is 14.3. The van der Waals surface area contributed by atoms with Crippen LogP contribution in [0.2, 0.25) is 0 Å². The van der Waals surface area contributed by atoms with Crippen molar-refractivity contribution in [2.24, 2.45) is 5.84 Å². The number of nitrogen functional groups attached to an aromatic ring is 1. The van der Waals surface area contributed by atoms with Crippen LogP contribution in [0.1, 0.15) is 11.1 Å². The minimum atomic E-state index is -0.458. The van der Waals surface area contributed by atoms with Gasteiger partial charge in [-0.05, 0) is 49.2 Å². The molecule has 0 aromatic heterocycles. The lowest BCUT2D eigenvalue weighted by atomic mass is 10.1. The van der Waals surface area contributed by atoms with Gasteiger partial charge >= 0.3 is 5.69 Å². The lowest BCUT2D eigenvalue weighted by Crippen LogP contribution is -2.10. The second-order valence-corrected chi connectivity index (χ2v) is 4.60. The van der Waals surface area contributed by atoms with Crippen LogP contribution in [0.5, 0.6) is 0 Å². The number of anilines is 3. The van der Waals surface area contributed by atoms with E-state index in [1.54, 1.807) is 18.2 Å². The van der Waals surface area contributed by atoms with Crippen LogP contribution < -0.4 is 16.6 Å². The largest absolute Gasteiger partial charge is 0.350 e. The average Bonchev–Trinajstić information content (AvgIpc) is 2.36. The summed E-state index contributed by atoms with van der Waals surface area (Å²) in [5.41, 5.74) is 5.91. The van der Waals surface area contributed by atoms with Crippen LogP contribution in [0.15, 0.2) is 36.4 Å². The summed E-state index contributed by atoms with van der Waals surface area (Å²) >= 11 is 0. The Morgan fingerprint density at radius 3 is 2.25 bits per heavy atom. The first kappa shape index (κ1) is 13.8. The lowest BCUT2D eigenvalue weighted by Gasteiger charge is -2.11. The lowest BCUT2D eigenvalue weighted by molar-refractivity contribution is -0.383. The molecular weight excluding hydrogens is 256 g/mol. The zero-order chi connectivity index (χ0) is 14.7. The van der Waals surface area contributed by atoms with E-state index in [2.05, 4.69) is 10.7 Å². The van der Waals surface area contributed by atoms with E-state index < -0.39 is 4.92 Å². The summed E-state index contributed by atoms with van der Waals surface area (Å²) in [6, 6.07) is 10.8. The van der Waals surface area contributed by atoms with Crippen LogP contribution in [0.3, 0.4) is 0 Å². The van der Waals surface area contributed by atoms with Crippen molar-refractivity contribution < 1.29 is 4.92 Å². The zero-order valence-corrected chi connectivity index (χ0v) is 11.3. The van der Waals surface area contributed by atoms with Crippen LogP contribution in [0.25, 0.3) is 0 Å². The van der Waals surface area contributed by atoms with Crippen molar-refractivity contribution in [2.75, 3.05) is 10.7 Å². The molecule has 0 saturated heterocycles. The first-order valence-corrected chi connectivity index (χ1v) is 6.10. The van der Waals surface area contributed by atoms with Gasteiger partial charge in [0.1, 0.15) is 11.4 Å². The molecule has 0 spiro atoms. The molecule has 2 rings (SSSR count). The Labute approximate surface area is 116 Å². The molecule has 0 saturated carbocycles. The van der Waals surface area contributed by atoms with Crippen LogP contribution in [-0.2, 0) is 0 Å². The SMILES string of the molecule is Cc1cc(C)cc(Nc2cccc(NN)c2[N+](=O)[O-])c1. The Kier molecular flexibility index (Phi) is 3.86. The molecule has 0 radical (unpaired) electrons. The number of hydrazine groups is 1. The Bertz CT molecular complexity index is 635. The summed E-state index contributed by atoms with van der Waals surface area (Å²) in [4.78, 5) is 10.7. The molecule has 0 fully saturated rings. The molecule has 0 amide bonds. The Morgan fingerprint density at radius 1 is 1.10 bits per heavy atom. The number of benzene rings is 2. The number of nitrogens with two attached hydrogens (primary N) is 1. The number of rotatable bonds is 4. The van der Waals surface area contributed by atoms with Crippen molar-refractivity contribution in [3.05, 3.63) is 57.6 Å². The maximum Gasteiger partial charge on any atom is 0.316 e. The first-order valence-electron chi connectivity index (χ1n) is 6.10. The molecule has 0 unspecified atom stereocenters. The maximum absolute atomic E-state index is 11.2. The van der Waals surface area contributed by atoms with E-state index in [1.165, 1.54) is 0 Å². The number of para-hydroxylation sites is 1. The highest BCUT2D eigenvalue weighted by molar-refractivity contribution is 5.79. The minimum absolute atomic E-state index is 0.0749. The average molecular weight is 272 g/mol. The summed E-state index contributed by atoms with van der Waals surface area (Å²) in [5.74, 6) is 5.32. The van der Waals surface area contributed by atoms with Crippen LogP contribution in [0.4, 0.5) is 22.7 Å². The van der Waals surface area contributed by atoms with Crippen LogP contribution in [-0.4, -0.2) is 4.92 Å². The van der Waals surface area contributed by atoms with Crippen molar-refractivity contribution in [2.45, 2.75) is 13.8 Å². The molecule has 4 N–H and O–H groups in total. The topological polar surface area (TPSA) is 93.2 Å². The number of aryl methyl sites for hydroxylation is 2. The van der Waals surface area contributed by atoms with Crippen molar-refractivity contribution in [1.82, 2.24) is 0 Å². The Balaban J connectivity index is 2.45. The fourth-order valence-corrected chi connectivity index (χ4v) is 2.16. The van der Waals surface area contributed by atoms with E-state index in [1.807, 2.05) is 32.0 Å². The fourth-order valence-electron chi connectivity index (χ4n) is 2.16. The first-order chi connectivity index (χ1) is 9.51. The molecule has 0 bridgehead atoms. The quantitative estimate of drug-likeness (QED) is 0.451. The highest BCUT2D eigenvalue weighted by Crippen LogP contribution is 2.34.